The van der Waals surface area contributed by atoms with Gasteiger partial charge in [0.15, 0.2) is 0 Å². The highest BCUT2D eigenvalue weighted by molar-refractivity contribution is 5.87. The smallest absolute Gasteiger partial charge is 0.242 e. The molecule has 0 heterocycles. The van der Waals surface area contributed by atoms with Crippen LogP contribution in [0.15, 0.2) is 24.3 Å². The molecule has 1 atom stereocenters. The van der Waals surface area contributed by atoms with Crippen LogP contribution >= 0.6 is 0 Å². The molecule has 6 N–H and O–H groups in total. The number of nitrogens with two attached hydrogens (primary N) is 1. The molecule has 0 saturated heterocycles. The standard InChI is InChI=1S/C28H50N4O3/c1-2-14-27(34)32-26(23-24-15-17-25(33)18-16-24)28(35)31-22-13-9-12-21-30-20-11-8-6-4-3-5-7-10-19-29/h15-18,26,30,33H,2-14,19-23,29H2,1H3,(H,31,35)(H,32,34)/t26-/m0/s1. The van der Waals surface area contributed by atoms with Gasteiger partial charge >= 0.3 is 0 Å². The molecule has 0 fully saturated rings. The van der Waals surface area contributed by atoms with Crippen LogP contribution in [0.5, 0.6) is 5.75 Å². The second kappa shape index (κ2) is 21.2. The molecule has 35 heavy (non-hydrogen) atoms. The van der Waals surface area contributed by atoms with Gasteiger partial charge in [-0.1, -0.05) is 64.0 Å². The Hall–Kier alpha value is -2.12. The summed E-state index contributed by atoms with van der Waals surface area (Å²) in [6, 6.07) is 6.14. The summed E-state index contributed by atoms with van der Waals surface area (Å²) in [5, 5.41) is 18.8. The van der Waals surface area contributed by atoms with Gasteiger partial charge in [-0.15, -0.1) is 0 Å². The molecule has 1 rings (SSSR count). The van der Waals surface area contributed by atoms with Gasteiger partial charge in [0.1, 0.15) is 11.8 Å². The molecule has 0 aromatic heterocycles. The van der Waals surface area contributed by atoms with Crippen molar-refractivity contribution in [2.24, 2.45) is 5.73 Å². The molecule has 0 unspecified atom stereocenters. The van der Waals surface area contributed by atoms with E-state index < -0.39 is 6.04 Å². The lowest BCUT2D eigenvalue weighted by Crippen LogP contribution is -2.48. The number of carbonyl (C=O) groups is 2. The van der Waals surface area contributed by atoms with Crippen molar-refractivity contribution in [3.63, 3.8) is 0 Å². The molecule has 7 heteroatoms. The van der Waals surface area contributed by atoms with Crippen molar-refractivity contribution >= 4 is 11.8 Å². The minimum atomic E-state index is -0.605. The van der Waals surface area contributed by atoms with Gasteiger partial charge in [-0.2, -0.15) is 0 Å². The quantitative estimate of drug-likeness (QED) is 0.156. The molecule has 2 amide bonds. The Morgan fingerprint density at radius 3 is 1.97 bits per heavy atom. The van der Waals surface area contributed by atoms with Crippen LogP contribution in [0, 0.1) is 0 Å². The topological polar surface area (TPSA) is 116 Å². The van der Waals surface area contributed by atoms with Gasteiger partial charge < -0.3 is 26.8 Å². The van der Waals surface area contributed by atoms with Crippen LogP contribution in [-0.2, 0) is 16.0 Å². The van der Waals surface area contributed by atoms with Crippen LogP contribution in [0.4, 0.5) is 0 Å². The predicted molar refractivity (Wildman–Crippen MR) is 144 cm³/mol. The minimum Gasteiger partial charge on any atom is -0.508 e. The van der Waals surface area contributed by atoms with Crippen LogP contribution in [-0.4, -0.2) is 49.1 Å². The Labute approximate surface area is 213 Å². The van der Waals surface area contributed by atoms with E-state index in [0.717, 1.165) is 57.3 Å². The van der Waals surface area contributed by atoms with Gasteiger partial charge in [0.25, 0.3) is 0 Å². The fourth-order valence-electron chi connectivity index (χ4n) is 4.04. The normalized spacial score (nSPS) is 11.8. The molecule has 0 aliphatic carbocycles. The van der Waals surface area contributed by atoms with E-state index >= 15 is 0 Å². The fraction of sp³-hybridized carbons (Fsp3) is 0.714. The summed E-state index contributed by atoms with van der Waals surface area (Å²) in [5.41, 5.74) is 6.41. The summed E-state index contributed by atoms with van der Waals surface area (Å²) in [5.74, 6) is -0.0796. The van der Waals surface area contributed by atoms with Crippen molar-refractivity contribution < 1.29 is 14.7 Å². The van der Waals surface area contributed by atoms with Crippen molar-refractivity contribution in [2.75, 3.05) is 26.2 Å². The van der Waals surface area contributed by atoms with Crippen molar-refractivity contribution in [3.8, 4) is 5.75 Å². The summed E-state index contributed by atoms with van der Waals surface area (Å²) in [6.45, 7) is 5.47. The lowest BCUT2D eigenvalue weighted by Gasteiger charge is -2.19. The number of hydrogen-bond acceptors (Lipinski definition) is 5. The molecule has 0 saturated carbocycles. The Morgan fingerprint density at radius 1 is 0.829 bits per heavy atom. The number of unbranched alkanes of at least 4 members (excludes halogenated alkanes) is 9. The van der Waals surface area contributed by atoms with E-state index in [1.807, 2.05) is 6.92 Å². The summed E-state index contributed by atoms with van der Waals surface area (Å²) < 4.78 is 0. The largest absolute Gasteiger partial charge is 0.508 e. The monoisotopic (exact) mass is 490 g/mol. The third kappa shape index (κ3) is 17.0. The van der Waals surface area contributed by atoms with Gasteiger partial charge in [-0.05, 0) is 69.4 Å². The third-order valence-electron chi connectivity index (χ3n) is 6.14. The minimum absolute atomic E-state index is 0.111. The summed E-state index contributed by atoms with van der Waals surface area (Å²) in [4.78, 5) is 24.8. The average molecular weight is 491 g/mol. The zero-order valence-corrected chi connectivity index (χ0v) is 22.0. The van der Waals surface area contributed by atoms with Gasteiger partial charge in [-0.25, -0.2) is 0 Å². The maximum atomic E-state index is 12.7. The molecule has 0 aliphatic heterocycles. The van der Waals surface area contributed by atoms with Crippen LogP contribution in [0.1, 0.15) is 96.0 Å². The van der Waals surface area contributed by atoms with Crippen molar-refractivity contribution in [3.05, 3.63) is 29.8 Å². The highest BCUT2D eigenvalue weighted by Crippen LogP contribution is 2.12. The van der Waals surface area contributed by atoms with E-state index in [0.29, 0.717) is 19.4 Å². The number of aromatic hydroxyl groups is 1. The highest BCUT2D eigenvalue weighted by Gasteiger charge is 2.20. The number of benzene rings is 1. The first-order chi connectivity index (χ1) is 17.1. The van der Waals surface area contributed by atoms with E-state index in [1.165, 1.54) is 44.9 Å². The third-order valence-corrected chi connectivity index (χ3v) is 6.14. The van der Waals surface area contributed by atoms with Gasteiger partial charge in [0.05, 0.1) is 0 Å². The Morgan fingerprint density at radius 2 is 1.37 bits per heavy atom. The Bertz CT molecular complexity index is 667. The van der Waals surface area contributed by atoms with Gasteiger partial charge in [0.2, 0.25) is 11.8 Å². The number of hydrogen-bond donors (Lipinski definition) is 5. The van der Waals surface area contributed by atoms with Crippen LogP contribution in [0.25, 0.3) is 0 Å². The number of rotatable bonds is 22. The first-order valence-electron chi connectivity index (χ1n) is 13.8. The molecule has 1 aromatic rings. The first-order valence-corrected chi connectivity index (χ1v) is 13.8. The predicted octanol–water partition coefficient (Wildman–Crippen LogP) is 4.18. The summed E-state index contributed by atoms with van der Waals surface area (Å²) in [6.07, 6.45) is 14.9. The SMILES string of the molecule is CCCC(=O)N[C@@H](Cc1ccc(O)cc1)C(=O)NCCCCCNCCCCCCCCCCN. The number of phenols is 1. The number of phenolic OH excluding ortho intramolecular Hbond substituents is 1. The molecule has 200 valence electrons. The first kappa shape index (κ1) is 30.9. The van der Waals surface area contributed by atoms with Crippen molar-refractivity contribution in [1.29, 1.82) is 0 Å². The van der Waals surface area contributed by atoms with E-state index in [9.17, 15) is 14.7 Å². The van der Waals surface area contributed by atoms with Crippen LogP contribution < -0.4 is 21.7 Å². The summed E-state index contributed by atoms with van der Waals surface area (Å²) in [7, 11) is 0. The Balaban J connectivity index is 2.11. The van der Waals surface area contributed by atoms with Gasteiger partial charge in [-0.3, -0.25) is 9.59 Å². The van der Waals surface area contributed by atoms with Crippen LogP contribution in [0.3, 0.4) is 0 Å². The molecule has 7 nitrogen and oxygen atoms in total. The van der Waals surface area contributed by atoms with Gasteiger partial charge in [0, 0.05) is 19.4 Å². The lowest BCUT2D eigenvalue weighted by molar-refractivity contribution is -0.129. The molecule has 1 aromatic carbocycles. The van der Waals surface area contributed by atoms with E-state index in [1.54, 1.807) is 24.3 Å². The molecule has 0 aliphatic rings. The number of carbonyl (C=O) groups excluding carboxylic acids is 2. The average Bonchev–Trinajstić information content (AvgIpc) is 2.84. The zero-order chi connectivity index (χ0) is 25.6. The lowest BCUT2D eigenvalue weighted by atomic mass is 10.0. The highest BCUT2D eigenvalue weighted by atomic mass is 16.3. The Kier molecular flexibility index (Phi) is 18.7. The molecule has 0 spiro atoms. The van der Waals surface area contributed by atoms with Crippen LogP contribution in [0.2, 0.25) is 0 Å². The van der Waals surface area contributed by atoms with Crippen molar-refractivity contribution in [1.82, 2.24) is 16.0 Å². The number of nitrogens with one attached hydrogen (secondary N) is 3. The zero-order valence-electron chi connectivity index (χ0n) is 22.0. The fourth-order valence-corrected chi connectivity index (χ4v) is 4.04. The maximum absolute atomic E-state index is 12.7. The summed E-state index contributed by atoms with van der Waals surface area (Å²) >= 11 is 0. The van der Waals surface area contributed by atoms with E-state index in [4.69, 9.17) is 5.73 Å². The second-order valence-electron chi connectivity index (χ2n) is 9.46. The molecule has 0 radical (unpaired) electrons. The maximum Gasteiger partial charge on any atom is 0.242 e. The van der Waals surface area contributed by atoms with E-state index in [-0.39, 0.29) is 17.6 Å². The molecular formula is C28H50N4O3. The number of amides is 2. The second-order valence-corrected chi connectivity index (χ2v) is 9.46. The molecule has 0 bridgehead atoms. The van der Waals surface area contributed by atoms with Crippen molar-refractivity contribution in [2.45, 2.75) is 103 Å². The molecular weight excluding hydrogens is 440 g/mol. The van der Waals surface area contributed by atoms with E-state index in [2.05, 4.69) is 16.0 Å².